The molecule has 0 aliphatic carbocycles. The van der Waals surface area contributed by atoms with Gasteiger partial charge in [-0.25, -0.2) is 9.18 Å². The second-order valence-corrected chi connectivity index (χ2v) is 6.92. The highest BCUT2D eigenvalue weighted by Crippen LogP contribution is 2.27. The summed E-state index contributed by atoms with van der Waals surface area (Å²) in [5, 5.41) is 14.5. The van der Waals surface area contributed by atoms with Crippen molar-refractivity contribution < 1.29 is 37.0 Å². The number of hydrogen-bond acceptors (Lipinski definition) is 4. The lowest BCUT2D eigenvalue weighted by atomic mass is 10.0. The molecule has 2 atom stereocenters. The third-order valence-corrected chi connectivity index (χ3v) is 4.67. The first-order valence-corrected chi connectivity index (χ1v) is 9.06. The van der Waals surface area contributed by atoms with E-state index < -0.39 is 36.0 Å². The van der Waals surface area contributed by atoms with E-state index in [9.17, 15) is 32.3 Å². The highest BCUT2D eigenvalue weighted by molar-refractivity contribution is 5.89. The molecule has 0 spiro atoms. The van der Waals surface area contributed by atoms with E-state index in [2.05, 4.69) is 15.4 Å². The van der Waals surface area contributed by atoms with Crippen LogP contribution in [0.5, 0.6) is 5.75 Å². The standard InChI is InChI=1S/C18H23F4N3O4/c1-10(11(2)26)16(27)25-7-5-12(6-8-25)23-17(28)24-13-3-4-15(14(19)9-13)29-18(20,21)22/h3-4,9-12,26H,5-8H2,1-2H3,(H2,23,24,28)/t10-,11+/m1/s1. The minimum Gasteiger partial charge on any atom is -0.403 e. The van der Waals surface area contributed by atoms with Crippen molar-refractivity contribution in [1.82, 2.24) is 10.2 Å². The van der Waals surface area contributed by atoms with Gasteiger partial charge in [0.15, 0.2) is 11.6 Å². The number of carbonyl (C=O) groups excluding carboxylic acids is 2. The van der Waals surface area contributed by atoms with Crippen LogP contribution in [0.25, 0.3) is 0 Å². The fourth-order valence-corrected chi connectivity index (χ4v) is 2.88. The summed E-state index contributed by atoms with van der Waals surface area (Å²) in [6.45, 7) is 4.03. The van der Waals surface area contributed by atoms with E-state index >= 15 is 0 Å². The molecule has 162 valence electrons. The van der Waals surface area contributed by atoms with Gasteiger partial charge in [-0.05, 0) is 31.9 Å². The molecule has 0 bridgehead atoms. The summed E-state index contributed by atoms with van der Waals surface area (Å²) in [5.41, 5.74) is -0.0344. The number of ether oxygens (including phenoxy) is 1. The van der Waals surface area contributed by atoms with E-state index in [1.807, 2.05) is 0 Å². The van der Waals surface area contributed by atoms with Gasteiger partial charge in [0.2, 0.25) is 5.91 Å². The summed E-state index contributed by atoms with van der Waals surface area (Å²) in [5.74, 6) is -2.92. The van der Waals surface area contributed by atoms with Crippen molar-refractivity contribution in [3.05, 3.63) is 24.0 Å². The molecule has 0 saturated carbocycles. The summed E-state index contributed by atoms with van der Waals surface area (Å²) in [6, 6.07) is 1.71. The van der Waals surface area contributed by atoms with Gasteiger partial charge in [-0.1, -0.05) is 6.92 Å². The maximum absolute atomic E-state index is 13.7. The minimum absolute atomic E-state index is 0.0344. The number of piperidine rings is 1. The maximum Gasteiger partial charge on any atom is 0.573 e. The van der Waals surface area contributed by atoms with Crippen LogP contribution in [0.1, 0.15) is 26.7 Å². The highest BCUT2D eigenvalue weighted by Gasteiger charge is 2.32. The van der Waals surface area contributed by atoms with Crippen molar-refractivity contribution in [3.8, 4) is 5.75 Å². The van der Waals surface area contributed by atoms with Gasteiger partial charge in [0.25, 0.3) is 0 Å². The highest BCUT2D eigenvalue weighted by atomic mass is 19.4. The molecule has 29 heavy (non-hydrogen) atoms. The topological polar surface area (TPSA) is 90.9 Å². The van der Waals surface area contributed by atoms with Crippen LogP contribution in [0.2, 0.25) is 0 Å². The SMILES string of the molecule is C[C@H](O)[C@@H](C)C(=O)N1CCC(NC(=O)Nc2ccc(OC(F)(F)F)c(F)c2)CC1. The first-order chi connectivity index (χ1) is 13.5. The summed E-state index contributed by atoms with van der Waals surface area (Å²) in [6.07, 6.45) is -4.77. The lowest BCUT2D eigenvalue weighted by Crippen LogP contribution is -2.49. The van der Waals surface area contributed by atoms with E-state index in [1.54, 1.807) is 18.7 Å². The van der Waals surface area contributed by atoms with Gasteiger partial charge < -0.3 is 25.4 Å². The zero-order valence-corrected chi connectivity index (χ0v) is 15.9. The number of anilines is 1. The monoisotopic (exact) mass is 421 g/mol. The van der Waals surface area contributed by atoms with Gasteiger partial charge in [-0.15, -0.1) is 13.2 Å². The molecular formula is C18H23F4N3O4. The van der Waals surface area contributed by atoms with E-state index in [1.165, 1.54) is 0 Å². The van der Waals surface area contributed by atoms with Crippen molar-refractivity contribution in [2.45, 2.75) is 45.2 Å². The van der Waals surface area contributed by atoms with Crippen LogP contribution in [-0.2, 0) is 4.79 Å². The largest absolute Gasteiger partial charge is 0.573 e. The summed E-state index contributed by atoms with van der Waals surface area (Å²) in [4.78, 5) is 25.9. The Balaban J connectivity index is 1.83. The predicted molar refractivity (Wildman–Crippen MR) is 95.7 cm³/mol. The normalized spacial score (nSPS) is 17.4. The van der Waals surface area contributed by atoms with E-state index in [-0.39, 0.29) is 17.6 Å². The smallest absolute Gasteiger partial charge is 0.403 e. The van der Waals surface area contributed by atoms with Crippen molar-refractivity contribution >= 4 is 17.6 Å². The number of urea groups is 1. The van der Waals surface area contributed by atoms with Crippen molar-refractivity contribution in [2.24, 2.45) is 5.92 Å². The quantitative estimate of drug-likeness (QED) is 0.638. The predicted octanol–water partition coefficient (Wildman–Crippen LogP) is 2.85. The summed E-state index contributed by atoms with van der Waals surface area (Å²) in [7, 11) is 0. The van der Waals surface area contributed by atoms with Gasteiger partial charge in [0.05, 0.1) is 12.0 Å². The first-order valence-electron chi connectivity index (χ1n) is 9.06. The number of carbonyl (C=O) groups is 2. The molecule has 7 nitrogen and oxygen atoms in total. The lowest BCUT2D eigenvalue weighted by molar-refractivity contribution is -0.275. The lowest BCUT2D eigenvalue weighted by Gasteiger charge is -2.34. The number of benzene rings is 1. The van der Waals surface area contributed by atoms with E-state index in [4.69, 9.17) is 0 Å². The Morgan fingerprint density at radius 1 is 1.24 bits per heavy atom. The minimum atomic E-state index is -5.02. The Kier molecular flexibility index (Phi) is 7.28. The zero-order valence-electron chi connectivity index (χ0n) is 15.9. The molecular weight excluding hydrogens is 398 g/mol. The molecule has 1 aromatic rings. The number of aliphatic hydroxyl groups excluding tert-OH is 1. The Bertz CT molecular complexity index is 734. The molecule has 1 aliphatic rings. The molecule has 3 amide bonds. The molecule has 1 heterocycles. The molecule has 11 heteroatoms. The van der Waals surface area contributed by atoms with Crippen LogP contribution in [0.3, 0.4) is 0 Å². The Labute approximate surface area is 165 Å². The number of halogens is 4. The second-order valence-electron chi connectivity index (χ2n) is 6.92. The summed E-state index contributed by atoms with van der Waals surface area (Å²) < 4.78 is 53.6. The number of hydrogen-bond donors (Lipinski definition) is 3. The third-order valence-electron chi connectivity index (χ3n) is 4.67. The number of alkyl halides is 3. The number of nitrogens with zero attached hydrogens (tertiary/aromatic N) is 1. The number of nitrogens with one attached hydrogen (secondary N) is 2. The zero-order chi connectivity index (χ0) is 21.8. The van der Waals surface area contributed by atoms with Gasteiger partial charge in [0.1, 0.15) is 0 Å². The van der Waals surface area contributed by atoms with Crippen LogP contribution in [0, 0.1) is 11.7 Å². The van der Waals surface area contributed by atoms with Gasteiger partial charge in [0, 0.05) is 30.9 Å². The average molecular weight is 421 g/mol. The van der Waals surface area contributed by atoms with Crippen LogP contribution >= 0.6 is 0 Å². The molecule has 1 aromatic carbocycles. The number of amides is 3. The Morgan fingerprint density at radius 3 is 2.38 bits per heavy atom. The van der Waals surface area contributed by atoms with Crippen molar-refractivity contribution in [2.75, 3.05) is 18.4 Å². The maximum atomic E-state index is 13.7. The first kappa shape index (κ1) is 22.7. The van der Waals surface area contributed by atoms with E-state index in [0.717, 1.165) is 18.2 Å². The molecule has 2 rings (SSSR count). The van der Waals surface area contributed by atoms with E-state index in [0.29, 0.717) is 25.9 Å². The van der Waals surface area contributed by atoms with Crippen molar-refractivity contribution in [1.29, 1.82) is 0 Å². The molecule has 1 saturated heterocycles. The molecule has 0 radical (unpaired) electrons. The molecule has 1 aliphatic heterocycles. The fourth-order valence-electron chi connectivity index (χ4n) is 2.88. The molecule has 3 N–H and O–H groups in total. The van der Waals surface area contributed by atoms with Crippen LogP contribution in [0.15, 0.2) is 18.2 Å². The fraction of sp³-hybridized carbons (Fsp3) is 0.556. The van der Waals surface area contributed by atoms with Crippen LogP contribution < -0.4 is 15.4 Å². The number of aliphatic hydroxyl groups is 1. The Morgan fingerprint density at radius 2 is 1.86 bits per heavy atom. The third kappa shape index (κ3) is 6.77. The van der Waals surface area contributed by atoms with Gasteiger partial charge in [-0.2, -0.15) is 0 Å². The average Bonchev–Trinajstić information content (AvgIpc) is 2.62. The van der Waals surface area contributed by atoms with Crippen molar-refractivity contribution in [3.63, 3.8) is 0 Å². The number of rotatable bonds is 5. The van der Waals surface area contributed by atoms with Gasteiger partial charge in [-0.3, -0.25) is 4.79 Å². The van der Waals surface area contributed by atoms with Crippen LogP contribution in [0.4, 0.5) is 28.0 Å². The molecule has 0 unspecified atom stereocenters. The summed E-state index contributed by atoms with van der Waals surface area (Å²) >= 11 is 0. The second kappa shape index (κ2) is 9.29. The number of likely N-dealkylation sites (tertiary alicyclic amines) is 1. The molecule has 0 aromatic heterocycles. The molecule has 1 fully saturated rings. The Hall–Kier alpha value is -2.56. The van der Waals surface area contributed by atoms with Gasteiger partial charge >= 0.3 is 12.4 Å². The van der Waals surface area contributed by atoms with Crippen LogP contribution in [-0.4, -0.2) is 53.5 Å².